The molecule has 1 unspecified atom stereocenters. The Morgan fingerprint density at radius 3 is 2.72 bits per heavy atom. The van der Waals surface area contributed by atoms with Crippen LogP contribution in [0.2, 0.25) is 0 Å². The van der Waals surface area contributed by atoms with E-state index in [2.05, 4.69) is 47.1 Å². The van der Waals surface area contributed by atoms with Crippen molar-refractivity contribution in [1.82, 2.24) is 15.5 Å². The predicted octanol–water partition coefficient (Wildman–Crippen LogP) is 3.29. The van der Waals surface area contributed by atoms with Gasteiger partial charge in [-0.1, -0.05) is 18.2 Å². The van der Waals surface area contributed by atoms with Gasteiger partial charge in [0, 0.05) is 18.0 Å². The van der Waals surface area contributed by atoms with Gasteiger partial charge in [-0.3, -0.25) is 4.99 Å². The Bertz CT molecular complexity index is 655. The molecule has 1 atom stereocenters. The Morgan fingerprint density at radius 1 is 1.24 bits per heavy atom. The summed E-state index contributed by atoms with van der Waals surface area (Å²) in [5.74, 6) is 0.602. The van der Waals surface area contributed by atoms with Crippen molar-refractivity contribution in [2.24, 2.45) is 4.99 Å². The Balaban J connectivity index is 1.92. The van der Waals surface area contributed by atoms with Crippen LogP contribution >= 0.6 is 11.3 Å². The van der Waals surface area contributed by atoms with Crippen molar-refractivity contribution < 1.29 is 4.39 Å². The number of hydrogen-bond donors (Lipinski definition) is 2. The van der Waals surface area contributed by atoms with Crippen LogP contribution in [0.15, 0.2) is 46.8 Å². The van der Waals surface area contributed by atoms with Crippen LogP contribution in [0.3, 0.4) is 0 Å². The third kappa shape index (κ3) is 6.48. The van der Waals surface area contributed by atoms with Crippen molar-refractivity contribution in [3.05, 3.63) is 58.0 Å². The second kappa shape index (κ2) is 10.2. The van der Waals surface area contributed by atoms with E-state index in [1.54, 1.807) is 23.5 Å². The molecule has 6 heteroatoms. The summed E-state index contributed by atoms with van der Waals surface area (Å²) in [4.78, 5) is 8.22. The first kappa shape index (κ1) is 19.4. The number of hydrogen-bond acceptors (Lipinski definition) is 3. The highest BCUT2D eigenvalue weighted by Gasteiger charge is 2.14. The molecule has 0 amide bonds. The summed E-state index contributed by atoms with van der Waals surface area (Å²) in [6.45, 7) is 4.24. The minimum Gasteiger partial charge on any atom is -0.357 e. The van der Waals surface area contributed by atoms with Crippen molar-refractivity contribution in [3.8, 4) is 0 Å². The minimum atomic E-state index is -0.192. The van der Waals surface area contributed by atoms with Crippen molar-refractivity contribution in [2.45, 2.75) is 19.4 Å². The SMILES string of the molecule is CCNC(=NCC(c1cccs1)N(C)C)NCCc1cccc(F)c1. The number of aliphatic imine (C=N–C) groups is 1. The third-order valence-corrected chi connectivity index (χ3v) is 4.83. The lowest BCUT2D eigenvalue weighted by atomic mass is 10.1. The predicted molar refractivity (Wildman–Crippen MR) is 105 cm³/mol. The van der Waals surface area contributed by atoms with E-state index < -0.39 is 0 Å². The van der Waals surface area contributed by atoms with E-state index in [1.165, 1.54) is 10.9 Å². The summed E-state index contributed by atoms with van der Waals surface area (Å²) in [6.07, 6.45) is 0.754. The highest BCUT2D eigenvalue weighted by molar-refractivity contribution is 7.10. The summed E-state index contributed by atoms with van der Waals surface area (Å²) in [7, 11) is 4.15. The van der Waals surface area contributed by atoms with E-state index in [-0.39, 0.29) is 11.9 Å². The summed E-state index contributed by atoms with van der Waals surface area (Å²) < 4.78 is 13.2. The number of guanidine groups is 1. The molecule has 0 saturated heterocycles. The molecule has 0 bridgehead atoms. The smallest absolute Gasteiger partial charge is 0.191 e. The lowest BCUT2D eigenvalue weighted by Crippen LogP contribution is -2.39. The molecule has 2 aromatic rings. The summed E-state index contributed by atoms with van der Waals surface area (Å²) in [5.41, 5.74) is 0.980. The van der Waals surface area contributed by atoms with Gasteiger partial charge in [0.1, 0.15) is 5.82 Å². The van der Waals surface area contributed by atoms with Crippen molar-refractivity contribution in [3.63, 3.8) is 0 Å². The maximum atomic E-state index is 13.2. The zero-order valence-corrected chi connectivity index (χ0v) is 15.9. The molecule has 1 aromatic heterocycles. The van der Waals surface area contributed by atoms with Gasteiger partial charge in [0.25, 0.3) is 0 Å². The Labute approximate surface area is 153 Å². The Morgan fingerprint density at radius 2 is 2.08 bits per heavy atom. The number of nitrogens with zero attached hydrogens (tertiary/aromatic N) is 2. The van der Waals surface area contributed by atoms with Crippen LogP contribution in [-0.4, -0.2) is 44.6 Å². The van der Waals surface area contributed by atoms with Gasteiger partial charge in [0.15, 0.2) is 5.96 Å². The van der Waals surface area contributed by atoms with Gasteiger partial charge >= 0.3 is 0 Å². The Hall–Kier alpha value is -1.92. The zero-order valence-electron chi connectivity index (χ0n) is 15.1. The molecule has 136 valence electrons. The monoisotopic (exact) mass is 362 g/mol. The molecule has 0 saturated carbocycles. The van der Waals surface area contributed by atoms with Gasteiger partial charge in [-0.15, -0.1) is 11.3 Å². The second-order valence-corrected chi connectivity index (χ2v) is 7.00. The van der Waals surface area contributed by atoms with Crippen LogP contribution in [0.25, 0.3) is 0 Å². The normalized spacial score (nSPS) is 13.1. The van der Waals surface area contributed by atoms with Gasteiger partial charge in [-0.2, -0.15) is 0 Å². The highest BCUT2D eigenvalue weighted by atomic mass is 32.1. The molecular formula is C19H27FN4S. The van der Waals surface area contributed by atoms with Crippen molar-refractivity contribution in [1.29, 1.82) is 0 Å². The molecule has 0 spiro atoms. The van der Waals surface area contributed by atoms with Crippen LogP contribution in [0, 0.1) is 5.82 Å². The number of likely N-dealkylation sites (N-methyl/N-ethyl adjacent to an activating group) is 1. The fourth-order valence-corrected chi connectivity index (χ4v) is 3.44. The zero-order chi connectivity index (χ0) is 18.1. The van der Waals surface area contributed by atoms with Gasteiger partial charge < -0.3 is 15.5 Å². The Kier molecular flexibility index (Phi) is 7.88. The van der Waals surface area contributed by atoms with Gasteiger partial charge in [-0.25, -0.2) is 4.39 Å². The highest BCUT2D eigenvalue weighted by Crippen LogP contribution is 2.23. The quantitative estimate of drug-likeness (QED) is 0.559. The van der Waals surface area contributed by atoms with E-state index in [0.717, 1.165) is 24.5 Å². The molecule has 0 aliphatic rings. The molecule has 0 radical (unpaired) electrons. The molecule has 1 heterocycles. The third-order valence-electron chi connectivity index (χ3n) is 3.86. The summed E-state index contributed by atoms with van der Waals surface area (Å²) >= 11 is 1.75. The first-order valence-electron chi connectivity index (χ1n) is 8.56. The van der Waals surface area contributed by atoms with Gasteiger partial charge in [0.2, 0.25) is 0 Å². The first-order chi connectivity index (χ1) is 12.1. The topological polar surface area (TPSA) is 39.7 Å². The van der Waals surface area contributed by atoms with Crippen LogP contribution < -0.4 is 10.6 Å². The number of thiophene rings is 1. The molecule has 25 heavy (non-hydrogen) atoms. The van der Waals surface area contributed by atoms with E-state index in [9.17, 15) is 4.39 Å². The molecule has 0 fully saturated rings. The standard InChI is InChI=1S/C19H27FN4S/c1-4-21-19(22-11-10-15-7-5-8-16(20)13-15)23-14-17(24(2)3)18-9-6-12-25-18/h5-9,12-13,17H,4,10-11,14H2,1-3H3,(H2,21,22,23). The average Bonchev–Trinajstić information content (AvgIpc) is 3.09. The summed E-state index contributed by atoms with van der Waals surface area (Å²) in [6, 6.07) is 11.2. The molecule has 2 N–H and O–H groups in total. The van der Waals surface area contributed by atoms with Crippen molar-refractivity contribution >= 4 is 17.3 Å². The van der Waals surface area contributed by atoms with E-state index >= 15 is 0 Å². The van der Waals surface area contributed by atoms with E-state index in [4.69, 9.17) is 4.99 Å². The minimum absolute atomic E-state index is 0.192. The van der Waals surface area contributed by atoms with Crippen LogP contribution in [-0.2, 0) is 6.42 Å². The number of benzene rings is 1. The molecule has 0 aliphatic heterocycles. The lowest BCUT2D eigenvalue weighted by Gasteiger charge is -2.22. The molecule has 0 aliphatic carbocycles. The second-order valence-electron chi connectivity index (χ2n) is 6.02. The summed E-state index contributed by atoms with van der Waals surface area (Å²) in [5, 5.41) is 8.69. The number of nitrogens with one attached hydrogen (secondary N) is 2. The van der Waals surface area contributed by atoms with Crippen LogP contribution in [0.1, 0.15) is 23.4 Å². The van der Waals surface area contributed by atoms with Crippen LogP contribution in [0.4, 0.5) is 4.39 Å². The molecule has 1 aromatic carbocycles. The van der Waals surface area contributed by atoms with Crippen LogP contribution in [0.5, 0.6) is 0 Å². The molecule has 4 nitrogen and oxygen atoms in total. The number of halogens is 1. The maximum absolute atomic E-state index is 13.2. The fourth-order valence-electron chi connectivity index (χ4n) is 2.53. The lowest BCUT2D eigenvalue weighted by molar-refractivity contribution is 0.310. The van der Waals surface area contributed by atoms with Gasteiger partial charge in [0.05, 0.1) is 12.6 Å². The first-order valence-corrected chi connectivity index (χ1v) is 9.44. The molecular weight excluding hydrogens is 335 g/mol. The van der Waals surface area contributed by atoms with Crippen molar-refractivity contribution in [2.75, 3.05) is 33.7 Å². The molecule has 2 rings (SSSR count). The maximum Gasteiger partial charge on any atom is 0.191 e. The van der Waals surface area contributed by atoms with Gasteiger partial charge in [-0.05, 0) is 56.6 Å². The largest absolute Gasteiger partial charge is 0.357 e. The van der Waals surface area contributed by atoms with E-state index in [0.29, 0.717) is 13.1 Å². The number of rotatable bonds is 8. The fraction of sp³-hybridized carbons (Fsp3) is 0.421. The average molecular weight is 363 g/mol. The van der Waals surface area contributed by atoms with E-state index in [1.807, 2.05) is 13.0 Å².